The second-order valence-electron chi connectivity index (χ2n) is 6.15. The first-order chi connectivity index (χ1) is 13.2. The van der Waals surface area contributed by atoms with Gasteiger partial charge < -0.3 is 9.64 Å². The molecule has 0 radical (unpaired) electrons. The number of aldehydes is 1. The van der Waals surface area contributed by atoms with E-state index in [9.17, 15) is 4.79 Å². The Bertz CT molecular complexity index is 1090. The molecular weight excluding hydrogens is 344 g/mol. The van der Waals surface area contributed by atoms with E-state index in [0.29, 0.717) is 24.2 Å². The topological polar surface area (TPSA) is 88.4 Å². The largest absolute Gasteiger partial charge is 0.497 e. The number of fused-ring (bicyclic) bond motifs is 1. The molecule has 3 heterocycles. The lowest BCUT2D eigenvalue weighted by Crippen LogP contribution is -2.18. The molecule has 1 N–H and O–H groups in total. The third kappa shape index (κ3) is 3.24. The van der Waals surface area contributed by atoms with E-state index < -0.39 is 0 Å². The summed E-state index contributed by atoms with van der Waals surface area (Å²) in [5.74, 6) is 1.58. The second-order valence-corrected chi connectivity index (χ2v) is 6.15. The van der Waals surface area contributed by atoms with Gasteiger partial charge in [0.2, 0.25) is 0 Å². The molecule has 8 heteroatoms. The first-order valence-electron chi connectivity index (χ1n) is 8.37. The standard InChI is InChI=1S/C19H18N6O2/c1-24(11-13-4-3-5-16(6-13)27-2)18-8-17(14-9-20-21-10-14)25-19(22-18)7-15(12-26)23-25/h3-10,12H,11H2,1-2H3,(H,20,21). The molecule has 1 aromatic carbocycles. The molecule has 27 heavy (non-hydrogen) atoms. The Balaban J connectivity index is 1.75. The number of carbonyl (C=O) groups excluding carboxylic acids is 1. The van der Waals surface area contributed by atoms with E-state index in [2.05, 4.69) is 20.3 Å². The van der Waals surface area contributed by atoms with Gasteiger partial charge in [0.15, 0.2) is 11.9 Å². The highest BCUT2D eigenvalue weighted by Gasteiger charge is 2.14. The maximum Gasteiger partial charge on any atom is 0.170 e. The molecule has 0 aliphatic heterocycles. The van der Waals surface area contributed by atoms with Crippen molar-refractivity contribution < 1.29 is 9.53 Å². The fourth-order valence-corrected chi connectivity index (χ4v) is 2.95. The van der Waals surface area contributed by atoms with Crippen LogP contribution in [0.4, 0.5) is 5.82 Å². The minimum atomic E-state index is 0.333. The summed E-state index contributed by atoms with van der Waals surface area (Å²) >= 11 is 0. The number of ether oxygens (including phenoxy) is 1. The molecule has 3 aromatic heterocycles. The summed E-state index contributed by atoms with van der Waals surface area (Å²) in [4.78, 5) is 17.8. The summed E-state index contributed by atoms with van der Waals surface area (Å²) in [5, 5.41) is 11.1. The third-order valence-electron chi connectivity index (χ3n) is 4.29. The quantitative estimate of drug-likeness (QED) is 0.530. The fourth-order valence-electron chi connectivity index (χ4n) is 2.95. The molecule has 0 unspecified atom stereocenters. The molecule has 8 nitrogen and oxygen atoms in total. The number of H-pyrrole nitrogens is 1. The van der Waals surface area contributed by atoms with Gasteiger partial charge in [0.25, 0.3) is 0 Å². The molecule has 0 aliphatic rings. The zero-order chi connectivity index (χ0) is 18.8. The summed E-state index contributed by atoms with van der Waals surface area (Å²) < 4.78 is 6.94. The van der Waals surface area contributed by atoms with E-state index in [1.54, 1.807) is 30.1 Å². The fraction of sp³-hybridized carbons (Fsp3) is 0.158. The summed E-state index contributed by atoms with van der Waals surface area (Å²) in [6, 6.07) is 11.5. The van der Waals surface area contributed by atoms with E-state index in [4.69, 9.17) is 4.74 Å². The molecule has 0 bridgehead atoms. The molecule has 0 fully saturated rings. The predicted molar refractivity (Wildman–Crippen MR) is 101 cm³/mol. The molecule has 4 aromatic rings. The summed E-state index contributed by atoms with van der Waals surface area (Å²) in [7, 11) is 3.62. The average Bonchev–Trinajstić information content (AvgIpc) is 3.36. The number of hydrogen-bond acceptors (Lipinski definition) is 6. The van der Waals surface area contributed by atoms with Crippen LogP contribution in [0.3, 0.4) is 0 Å². The summed E-state index contributed by atoms with van der Waals surface area (Å²) in [6.45, 7) is 0.653. The van der Waals surface area contributed by atoms with Crippen LogP contribution in [0.25, 0.3) is 16.9 Å². The minimum absolute atomic E-state index is 0.333. The zero-order valence-corrected chi connectivity index (χ0v) is 15.0. The van der Waals surface area contributed by atoms with Crippen LogP contribution < -0.4 is 9.64 Å². The van der Waals surface area contributed by atoms with Crippen LogP contribution in [0.5, 0.6) is 5.75 Å². The Kier molecular flexibility index (Phi) is 4.29. The second kappa shape index (κ2) is 6.91. The van der Waals surface area contributed by atoms with Crippen molar-refractivity contribution in [2.45, 2.75) is 6.54 Å². The lowest BCUT2D eigenvalue weighted by Gasteiger charge is -2.19. The van der Waals surface area contributed by atoms with Crippen LogP contribution in [0.2, 0.25) is 0 Å². The number of carbonyl (C=O) groups is 1. The number of aromatic amines is 1. The molecule has 0 atom stereocenters. The highest BCUT2D eigenvalue weighted by Crippen LogP contribution is 2.25. The molecule has 0 saturated heterocycles. The molecule has 0 aliphatic carbocycles. The van der Waals surface area contributed by atoms with Crippen molar-refractivity contribution in [2.24, 2.45) is 0 Å². The van der Waals surface area contributed by atoms with Crippen LogP contribution in [-0.2, 0) is 6.54 Å². The van der Waals surface area contributed by atoms with Crippen LogP contribution in [-0.4, -0.2) is 45.2 Å². The van der Waals surface area contributed by atoms with Crippen molar-refractivity contribution in [3.63, 3.8) is 0 Å². The third-order valence-corrected chi connectivity index (χ3v) is 4.29. The van der Waals surface area contributed by atoms with Crippen molar-refractivity contribution in [1.29, 1.82) is 0 Å². The van der Waals surface area contributed by atoms with Crippen LogP contribution in [0.15, 0.2) is 48.8 Å². The maximum atomic E-state index is 11.1. The molecule has 0 saturated carbocycles. The SMILES string of the molecule is COc1cccc(CN(C)c2cc(-c3cn[nH]c3)n3nc(C=O)cc3n2)c1. The van der Waals surface area contributed by atoms with Gasteiger partial charge in [0.1, 0.15) is 17.3 Å². The van der Waals surface area contributed by atoms with E-state index in [1.807, 2.05) is 42.3 Å². The van der Waals surface area contributed by atoms with E-state index in [1.165, 1.54) is 0 Å². The number of hydrogen-bond donors (Lipinski definition) is 1. The number of methoxy groups -OCH3 is 1. The lowest BCUT2D eigenvalue weighted by atomic mass is 10.2. The van der Waals surface area contributed by atoms with Crippen LogP contribution in [0.1, 0.15) is 16.1 Å². The van der Waals surface area contributed by atoms with Crippen molar-refractivity contribution in [2.75, 3.05) is 19.1 Å². The number of rotatable bonds is 6. The van der Waals surface area contributed by atoms with Gasteiger partial charge in [-0.05, 0) is 17.7 Å². The van der Waals surface area contributed by atoms with Crippen molar-refractivity contribution in [3.05, 3.63) is 60.0 Å². The Morgan fingerprint density at radius 2 is 2.19 bits per heavy atom. The summed E-state index contributed by atoms with van der Waals surface area (Å²) in [5.41, 5.74) is 3.70. The Morgan fingerprint density at radius 1 is 1.30 bits per heavy atom. The Labute approximate surface area is 155 Å². The van der Waals surface area contributed by atoms with Crippen molar-refractivity contribution in [3.8, 4) is 17.0 Å². The zero-order valence-electron chi connectivity index (χ0n) is 15.0. The Morgan fingerprint density at radius 3 is 2.93 bits per heavy atom. The maximum absolute atomic E-state index is 11.1. The highest BCUT2D eigenvalue weighted by molar-refractivity contribution is 5.76. The van der Waals surface area contributed by atoms with Gasteiger partial charge in [-0.25, -0.2) is 9.50 Å². The van der Waals surface area contributed by atoms with E-state index in [-0.39, 0.29) is 0 Å². The van der Waals surface area contributed by atoms with Crippen LogP contribution >= 0.6 is 0 Å². The van der Waals surface area contributed by atoms with Crippen molar-refractivity contribution in [1.82, 2.24) is 24.8 Å². The number of aromatic nitrogens is 5. The monoisotopic (exact) mass is 362 g/mol. The average molecular weight is 362 g/mol. The van der Waals surface area contributed by atoms with Gasteiger partial charge in [-0.2, -0.15) is 10.2 Å². The van der Waals surface area contributed by atoms with Gasteiger partial charge >= 0.3 is 0 Å². The lowest BCUT2D eigenvalue weighted by molar-refractivity contribution is 0.111. The van der Waals surface area contributed by atoms with Gasteiger partial charge in [0, 0.05) is 37.5 Å². The molecule has 0 amide bonds. The number of benzene rings is 1. The van der Waals surface area contributed by atoms with Gasteiger partial charge in [-0.3, -0.25) is 9.89 Å². The van der Waals surface area contributed by atoms with Crippen molar-refractivity contribution >= 4 is 17.8 Å². The number of nitrogens with zero attached hydrogens (tertiary/aromatic N) is 5. The van der Waals surface area contributed by atoms with Crippen LogP contribution in [0, 0.1) is 0 Å². The minimum Gasteiger partial charge on any atom is -0.497 e. The molecule has 4 rings (SSSR count). The molecular formula is C19H18N6O2. The molecule has 0 spiro atoms. The first-order valence-corrected chi connectivity index (χ1v) is 8.37. The smallest absolute Gasteiger partial charge is 0.170 e. The molecule has 136 valence electrons. The summed E-state index contributed by atoms with van der Waals surface area (Å²) in [6.07, 6.45) is 4.21. The normalized spacial score (nSPS) is 10.9. The first kappa shape index (κ1) is 16.8. The number of anilines is 1. The predicted octanol–water partition coefficient (Wildman–Crippen LogP) is 2.58. The van der Waals surface area contributed by atoms with E-state index in [0.717, 1.165) is 28.4 Å². The van der Waals surface area contributed by atoms with E-state index >= 15 is 0 Å². The number of nitrogens with one attached hydrogen (secondary N) is 1. The van der Waals surface area contributed by atoms with Gasteiger partial charge in [-0.1, -0.05) is 12.1 Å². The highest BCUT2D eigenvalue weighted by atomic mass is 16.5. The van der Waals surface area contributed by atoms with Gasteiger partial charge in [0.05, 0.1) is 19.0 Å². The van der Waals surface area contributed by atoms with Gasteiger partial charge in [-0.15, -0.1) is 0 Å². The Hall–Kier alpha value is -3.68.